The first-order chi connectivity index (χ1) is 8.88. The van der Waals surface area contributed by atoms with Gasteiger partial charge in [-0.3, -0.25) is 0 Å². The third-order valence-electron chi connectivity index (χ3n) is 3.40. The molecule has 0 spiro atoms. The predicted octanol–water partition coefficient (Wildman–Crippen LogP) is 3.11. The Labute approximate surface area is 114 Å². The average molecular weight is 265 g/mol. The van der Waals surface area contributed by atoms with E-state index in [1.807, 2.05) is 12.1 Å². The molecule has 100 valence electrons. The van der Waals surface area contributed by atoms with E-state index in [0.29, 0.717) is 0 Å². The van der Waals surface area contributed by atoms with Gasteiger partial charge in [0.25, 0.3) is 0 Å². The smallest absolute Gasteiger partial charge is 0.118 e. The fraction of sp³-hybridized carbons (Fsp3) is 0.600. The SMILES string of the molecule is COc1ccc(CCNCC2CCCCS2)cc1. The van der Waals surface area contributed by atoms with Crippen molar-refractivity contribution in [1.29, 1.82) is 0 Å². The molecule has 0 bridgehead atoms. The number of methoxy groups -OCH3 is 1. The summed E-state index contributed by atoms with van der Waals surface area (Å²) in [7, 11) is 1.71. The molecule has 1 aromatic rings. The molecule has 0 aliphatic carbocycles. The van der Waals surface area contributed by atoms with Crippen LogP contribution in [0.2, 0.25) is 0 Å². The van der Waals surface area contributed by atoms with Gasteiger partial charge in [0.15, 0.2) is 0 Å². The van der Waals surface area contributed by atoms with Gasteiger partial charge in [0.2, 0.25) is 0 Å². The number of rotatable bonds is 6. The van der Waals surface area contributed by atoms with E-state index < -0.39 is 0 Å². The van der Waals surface area contributed by atoms with Crippen LogP contribution < -0.4 is 10.1 Å². The van der Waals surface area contributed by atoms with Crippen molar-refractivity contribution in [2.45, 2.75) is 30.9 Å². The van der Waals surface area contributed by atoms with Gasteiger partial charge in [-0.1, -0.05) is 18.6 Å². The summed E-state index contributed by atoms with van der Waals surface area (Å²) in [5.41, 5.74) is 1.37. The Kier molecular flexibility index (Phi) is 5.88. The summed E-state index contributed by atoms with van der Waals surface area (Å²) in [6.07, 6.45) is 5.31. The highest BCUT2D eigenvalue weighted by molar-refractivity contribution is 7.99. The number of hydrogen-bond donors (Lipinski definition) is 1. The van der Waals surface area contributed by atoms with Gasteiger partial charge in [-0.25, -0.2) is 0 Å². The molecular formula is C15H23NOS. The minimum absolute atomic E-state index is 0.842. The Morgan fingerprint density at radius 2 is 2.11 bits per heavy atom. The normalized spacial score (nSPS) is 19.7. The molecule has 1 saturated heterocycles. The lowest BCUT2D eigenvalue weighted by molar-refractivity contribution is 0.414. The van der Waals surface area contributed by atoms with Gasteiger partial charge >= 0.3 is 0 Å². The summed E-state index contributed by atoms with van der Waals surface area (Å²) >= 11 is 2.14. The molecule has 1 unspecified atom stereocenters. The zero-order valence-corrected chi connectivity index (χ0v) is 12.0. The number of hydrogen-bond acceptors (Lipinski definition) is 3. The molecule has 0 amide bonds. The van der Waals surface area contributed by atoms with E-state index in [0.717, 1.165) is 24.0 Å². The van der Waals surface area contributed by atoms with Crippen LogP contribution in [0.3, 0.4) is 0 Å². The molecule has 1 heterocycles. The quantitative estimate of drug-likeness (QED) is 0.799. The second-order valence-corrected chi connectivity index (χ2v) is 6.20. The first-order valence-corrected chi connectivity index (χ1v) is 7.88. The van der Waals surface area contributed by atoms with E-state index in [2.05, 4.69) is 29.2 Å². The van der Waals surface area contributed by atoms with E-state index in [-0.39, 0.29) is 0 Å². The first kappa shape index (κ1) is 13.8. The topological polar surface area (TPSA) is 21.3 Å². The Balaban J connectivity index is 1.62. The molecule has 0 aromatic heterocycles. The van der Waals surface area contributed by atoms with Crippen LogP contribution in [-0.4, -0.2) is 31.2 Å². The first-order valence-electron chi connectivity index (χ1n) is 6.84. The lowest BCUT2D eigenvalue weighted by atomic mass is 10.1. The van der Waals surface area contributed by atoms with Crippen molar-refractivity contribution in [3.05, 3.63) is 29.8 Å². The van der Waals surface area contributed by atoms with Crippen molar-refractivity contribution >= 4 is 11.8 Å². The Bertz CT molecular complexity index is 333. The standard InChI is InChI=1S/C15H23NOS/c1-17-14-7-5-13(6-8-14)9-10-16-12-15-4-2-3-11-18-15/h5-8,15-16H,2-4,9-12H2,1H3. The summed E-state index contributed by atoms with van der Waals surface area (Å²) in [6, 6.07) is 8.37. The number of thioether (sulfide) groups is 1. The highest BCUT2D eigenvalue weighted by Gasteiger charge is 2.12. The third kappa shape index (κ3) is 4.54. The fourth-order valence-electron chi connectivity index (χ4n) is 2.26. The zero-order valence-electron chi connectivity index (χ0n) is 11.2. The molecule has 1 N–H and O–H groups in total. The molecule has 1 aromatic carbocycles. The van der Waals surface area contributed by atoms with E-state index >= 15 is 0 Å². The summed E-state index contributed by atoms with van der Waals surface area (Å²) < 4.78 is 5.16. The summed E-state index contributed by atoms with van der Waals surface area (Å²) in [4.78, 5) is 0. The molecule has 1 atom stereocenters. The molecule has 1 aliphatic rings. The largest absolute Gasteiger partial charge is 0.497 e. The lowest BCUT2D eigenvalue weighted by Crippen LogP contribution is -2.28. The van der Waals surface area contributed by atoms with Crippen LogP contribution >= 0.6 is 11.8 Å². The molecule has 2 nitrogen and oxygen atoms in total. The second kappa shape index (κ2) is 7.70. The molecule has 3 heteroatoms. The maximum Gasteiger partial charge on any atom is 0.118 e. The maximum atomic E-state index is 5.16. The molecule has 18 heavy (non-hydrogen) atoms. The second-order valence-electron chi connectivity index (χ2n) is 4.79. The fourth-order valence-corrected chi connectivity index (χ4v) is 3.53. The van der Waals surface area contributed by atoms with Gasteiger partial charge in [-0.2, -0.15) is 11.8 Å². The molecule has 2 rings (SSSR count). The van der Waals surface area contributed by atoms with Gasteiger partial charge < -0.3 is 10.1 Å². The molecule has 1 aliphatic heterocycles. The van der Waals surface area contributed by atoms with Crippen molar-refractivity contribution in [3.63, 3.8) is 0 Å². The maximum absolute atomic E-state index is 5.16. The summed E-state index contributed by atoms with van der Waals surface area (Å²) in [6.45, 7) is 2.24. The third-order valence-corrected chi connectivity index (χ3v) is 4.79. The van der Waals surface area contributed by atoms with Crippen LogP contribution in [0.1, 0.15) is 24.8 Å². The molecule has 0 saturated carbocycles. The highest BCUT2D eigenvalue weighted by atomic mass is 32.2. The van der Waals surface area contributed by atoms with Crippen LogP contribution in [0.15, 0.2) is 24.3 Å². The minimum Gasteiger partial charge on any atom is -0.497 e. The van der Waals surface area contributed by atoms with Crippen LogP contribution in [0, 0.1) is 0 Å². The van der Waals surface area contributed by atoms with Crippen LogP contribution in [-0.2, 0) is 6.42 Å². The predicted molar refractivity (Wildman–Crippen MR) is 79.7 cm³/mol. The highest BCUT2D eigenvalue weighted by Crippen LogP contribution is 2.24. The zero-order chi connectivity index (χ0) is 12.6. The number of benzene rings is 1. The van der Waals surface area contributed by atoms with Crippen molar-refractivity contribution in [2.75, 3.05) is 26.0 Å². The van der Waals surface area contributed by atoms with Crippen LogP contribution in [0.4, 0.5) is 0 Å². The van der Waals surface area contributed by atoms with Gasteiger partial charge in [0, 0.05) is 11.8 Å². The van der Waals surface area contributed by atoms with E-state index in [1.165, 1.54) is 37.1 Å². The van der Waals surface area contributed by atoms with Crippen molar-refractivity contribution < 1.29 is 4.74 Å². The molecule has 1 fully saturated rings. The van der Waals surface area contributed by atoms with Gasteiger partial charge in [0.1, 0.15) is 5.75 Å². The number of nitrogens with one attached hydrogen (secondary N) is 1. The van der Waals surface area contributed by atoms with E-state index in [4.69, 9.17) is 4.74 Å². The van der Waals surface area contributed by atoms with Gasteiger partial charge in [0.05, 0.1) is 7.11 Å². The van der Waals surface area contributed by atoms with Gasteiger partial charge in [-0.05, 0) is 49.3 Å². The Morgan fingerprint density at radius 3 is 2.78 bits per heavy atom. The summed E-state index contributed by atoms with van der Waals surface area (Å²) in [5, 5.41) is 4.42. The lowest BCUT2D eigenvalue weighted by Gasteiger charge is -2.21. The molecular weight excluding hydrogens is 242 g/mol. The minimum atomic E-state index is 0.842. The Hall–Kier alpha value is -0.670. The van der Waals surface area contributed by atoms with E-state index in [1.54, 1.807) is 7.11 Å². The molecule has 0 radical (unpaired) electrons. The van der Waals surface area contributed by atoms with Crippen molar-refractivity contribution in [3.8, 4) is 5.75 Å². The number of ether oxygens (including phenoxy) is 1. The monoisotopic (exact) mass is 265 g/mol. The Morgan fingerprint density at radius 1 is 1.28 bits per heavy atom. The average Bonchev–Trinajstić information content (AvgIpc) is 2.45. The van der Waals surface area contributed by atoms with Crippen LogP contribution in [0.5, 0.6) is 5.75 Å². The summed E-state index contributed by atoms with van der Waals surface area (Å²) in [5.74, 6) is 2.29. The van der Waals surface area contributed by atoms with Crippen molar-refractivity contribution in [2.24, 2.45) is 0 Å². The van der Waals surface area contributed by atoms with Gasteiger partial charge in [-0.15, -0.1) is 0 Å². The van der Waals surface area contributed by atoms with E-state index in [9.17, 15) is 0 Å². The van der Waals surface area contributed by atoms with Crippen LogP contribution in [0.25, 0.3) is 0 Å². The van der Waals surface area contributed by atoms with Crippen molar-refractivity contribution in [1.82, 2.24) is 5.32 Å².